The number of sulfone groups is 1. The number of amides is 1. The van der Waals surface area contributed by atoms with Crippen LogP contribution in [0.2, 0.25) is 5.02 Å². The molecule has 23 heavy (non-hydrogen) atoms. The molecule has 0 bridgehead atoms. The third kappa shape index (κ3) is 3.72. The zero-order chi connectivity index (χ0) is 16.7. The Bertz CT molecular complexity index is 748. The quantitative estimate of drug-likeness (QED) is 0.880. The molecule has 1 aromatic rings. The summed E-state index contributed by atoms with van der Waals surface area (Å²) in [6, 6.07) is 3.40. The first-order valence-electron chi connectivity index (χ1n) is 7.36. The molecule has 8 heteroatoms. The van der Waals surface area contributed by atoms with Crippen LogP contribution in [0.15, 0.2) is 12.1 Å². The maximum absolute atomic E-state index is 12.2. The Morgan fingerprint density at radius 2 is 2.09 bits per heavy atom. The molecular weight excluding hydrogens is 342 g/mol. The van der Waals surface area contributed by atoms with Gasteiger partial charge in [-0.05, 0) is 31.0 Å². The summed E-state index contributed by atoms with van der Waals surface area (Å²) in [6.45, 7) is 2.64. The number of benzene rings is 1. The fourth-order valence-electron chi connectivity index (χ4n) is 2.94. The first-order chi connectivity index (χ1) is 10.8. The maximum Gasteiger partial charge on any atom is 0.224 e. The van der Waals surface area contributed by atoms with E-state index in [1.54, 1.807) is 19.1 Å². The number of fused-ring (bicyclic) bond motifs is 1. The van der Waals surface area contributed by atoms with Crippen molar-refractivity contribution >= 4 is 27.3 Å². The molecule has 0 radical (unpaired) electrons. The molecule has 6 nitrogen and oxygen atoms in total. The molecule has 1 saturated heterocycles. The molecule has 3 rings (SSSR count). The molecular formula is C15H18ClNO5S. The lowest BCUT2D eigenvalue weighted by Crippen LogP contribution is -2.47. The summed E-state index contributed by atoms with van der Waals surface area (Å²) in [5.74, 6) is 0.877. The Labute approximate surface area is 140 Å². The number of nitrogens with one attached hydrogen (secondary N) is 1. The van der Waals surface area contributed by atoms with Crippen molar-refractivity contribution in [1.82, 2.24) is 5.32 Å². The minimum Gasteiger partial charge on any atom is -0.486 e. The van der Waals surface area contributed by atoms with Crippen molar-refractivity contribution in [2.24, 2.45) is 0 Å². The Morgan fingerprint density at radius 3 is 2.78 bits per heavy atom. The van der Waals surface area contributed by atoms with Crippen LogP contribution in [0.5, 0.6) is 11.5 Å². The number of carbonyl (C=O) groups excluding carboxylic acids is 1. The SMILES string of the molecule is C[C@@]1(NC(=O)Cc2cc(Cl)c3c(c2)OCCO3)CCS(=O)(=O)C1. The molecule has 1 aromatic carbocycles. The van der Waals surface area contributed by atoms with E-state index in [1.807, 2.05) is 0 Å². The number of ether oxygens (including phenoxy) is 2. The van der Waals surface area contributed by atoms with Crippen LogP contribution < -0.4 is 14.8 Å². The van der Waals surface area contributed by atoms with Crippen molar-refractivity contribution in [2.45, 2.75) is 25.3 Å². The van der Waals surface area contributed by atoms with Gasteiger partial charge in [0.1, 0.15) is 13.2 Å². The van der Waals surface area contributed by atoms with Crippen LogP contribution in [-0.2, 0) is 21.1 Å². The van der Waals surface area contributed by atoms with Crippen molar-refractivity contribution in [3.05, 3.63) is 22.7 Å². The average Bonchev–Trinajstić information content (AvgIpc) is 2.72. The summed E-state index contributed by atoms with van der Waals surface area (Å²) in [6.07, 6.45) is 0.537. The number of hydrogen-bond donors (Lipinski definition) is 1. The zero-order valence-electron chi connectivity index (χ0n) is 12.7. The van der Waals surface area contributed by atoms with Crippen LogP contribution in [0, 0.1) is 0 Å². The minimum atomic E-state index is -3.06. The van der Waals surface area contributed by atoms with Crippen molar-refractivity contribution in [1.29, 1.82) is 0 Å². The molecule has 1 atom stereocenters. The van der Waals surface area contributed by atoms with Gasteiger partial charge in [-0.25, -0.2) is 8.42 Å². The molecule has 126 valence electrons. The van der Waals surface area contributed by atoms with Gasteiger partial charge in [-0.15, -0.1) is 0 Å². The third-order valence-electron chi connectivity index (χ3n) is 3.97. The van der Waals surface area contributed by atoms with Crippen LogP contribution in [0.25, 0.3) is 0 Å². The van der Waals surface area contributed by atoms with Gasteiger partial charge in [0.2, 0.25) is 5.91 Å². The van der Waals surface area contributed by atoms with Gasteiger partial charge < -0.3 is 14.8 Å². The molecule has 0 aromatic heterocycles. The van der Waals surface area contributed by atoms with Crippen molar-refractivity contribution < 1.29 is 22.7 Å². The molecule has 2 aliphatic rings. The summed E-state index contributed by atoms with van der Waals surface area (Å²) < 4.78 is 34.1. The molecule has 0 spiro atoms. The summed E-state index contributed by atoms with van der Waals surface area (Å²) in [5.41, 5.74) is -0.00530. The monoisotopic (exact) mass is 359 g/mol. The topological polar surface area (TPSA) is 81.7 Å². The van der Waals surface area contributed by atoms with E-state index in [0.29, 0.717) is 41.7 Å². The van der Waals surface area contributed by atoms with Crippen molar-refractivity contribution in [3.63, 3.8) is 0 Å². The predicted octanol–water partition coefficient (Wildman–Crippen LogP) is 1.35. The van der Waals surface area contributed by atoms with E-state index >= 15 is 0 Å². The lowest BCUT2D eigenvalue weighted by Gasteiger charge is -2.24. The fraction of sp³-hybridized carbons (Fsp3) is 0.533. The highest BCUT2D eigenvalue weighted by atomic mass is 35.5. The molecule has 1 fully saturated rings. The normalized spacial score (nSPS) is 25.1. The molecule has 1 N–H and O–H groups in total. The number of hydrogen-bond acceptors (Lipinski definition) is 5. The highest BCUT2D eigenvalue weighted by Gasteiger charge is 2.39. The second-order valence-corrected chi connectivity index (χ2v) is 8.82. The van der Waals surface area contributed by atoms with Gasteiger partial charge in [0.05, 0.1) is 28.5 Å². The predicted molar refractivity (Wildman–Crippen MR) is 86.0 cm³/mol. The number of carbonyl (C=O) groups is 1. The minimum absolute atomic E-state index is 0.0202. The summed E-state index contributed by atoms with van der Waals surface area (Å²) in [5, 5.41) is 3.23. The van der Waals surface area contributed by atoms with Gasteiger partial charge in [-0.3, -0.25) is 4.79 Å². The Kier molecular flexibility index (Phi) is 4.18. The number of rotatable bonds is 3. The lowest BCUT2D eigenvalue weighted by molar-refractivity contribution is -0.121. The second kappa shape index (κ2) is 5.87. The maximum atomic E-state index is 12.2. The van der Waals surface area contributed by atoms with Gasteiger partial charge >= 0.3 is 0 Å². The second-order valence-electron chi connectivity index (χ2n) is 6.23. The van der Waals surface area contributed by atoms with E-state index in [4.69, 9.17) is 21.1 Å². The van der Waals surface area contributed by atoms with Crippen molar-refractivity contribution in [3.8, 4) is 11.5 Å². The van der Waals surface area contributed by atoms with Crippen LogP contribution in [0.3, 0.4) is 0 Å². The molecule has 0 saturated carbocycles. The average molecular weight is 360 g/mol. The first-order valence-corrected chi connectivity index (χ1v) is 9.56. The van der Waals surface area contributed by atoms with Crippen LogP contribution >= 0.6 is 11.6 Å². The number of halogens is 1. The van der Waals surface area contributed by atoms with Crippen molar-refractivity contribution in [2.75, 3.05) is 24.7 Å². The molecule has 2 heterocycles. The highest BCUT2D eigenvalue weighted by molar-refractivity contribution is 7.91. The van der Waals surface area contributed by atoms with Gasteiger partial charge in [0.25, 0.3) is 0 Å². The van der Waals surface area contributed by atoms with E-state index in [1.165, 1.54) is 0 Å². The largest absolute Gasteiger partial charge is 0.486 e. The van der Waals surface area contributed by atoms with E-state index < -0.39 is 15.4 Å². The zero-order valence-corrected chi connectivity index (χ0v) is 14.3. The molecule has 0 aliphatic carbocycles. The third-order valence-corrected chi connectivity index (χ3v) is 6.15. The van der Waals surface area contributed by atoms with E-state index in [9.17, 15) is 13.2 Å². The van der Waals surface area contributed by atoms with E-state index in [-0.39, 0.29) is 23.8 Å². The van der Waals surface area contributed by atoms with Gasteiger partial charge in [0.15, 0.2) is 21.3 Å². The van der Waals surface area contributed by atoms with Gasteiger partial charge in [-0.1, -0.05) is 11.6 Å². The summed E-state index contributed by atoms with van der Waals surface area (Å²) in [7, 11) is -3.06. The van der Waals surface area contributed by atoms with Crippen LogP contribution in [0.4, 0.5) is 0 Å². The van der Waals surface area contributed by atoms with Gasteiger partial charge in [-0.2, -0.15) is 0 Å². The smallest absolute Gasteiger partial charge is 0.224 e. The van der Waals surface area contributed by atoms with Crippen LogP contribution in [-0.4, -0.2) is 44.6 Å². The fourth-order valence-corrected chi connectivity index (χ4v) is 5.32. The Hall–Kier alpha value is -1.47. The van der Waals surface area contributed by atoms with E-state index in [2.05, 4.69) is 5.32 Å². The first kappa shape index (κ1) is 16.4. The summed E-state index contributed by atoms with van der Waals surface area (Å²) >= 11 is 6.15. The molecule has 1 amide bonds. The highest BCUT2D eigenvalue weighted by Crippen LogP contribution is 2.38. The Balaban J connectivity index is 1.70. The standard InChI is InChI=1S/C15H18ClNO5S/c1-15(2-5-23(19,20)9-15)17-13(18)8-10-6-11(16)14-12(7-10)21-3-4-22-14/h6-7H,2-5,8-9H2,1H3,(H,17,18)/t15-/m1/s1. The van der Waals surface area contributed by atoms with Crippen LogP contribution in [0.1, 0.15) is 18.9 Å². The molecule has 2 aliphatic heterocycles. The molecule has 0 unspecified atom stereocenters. The summed E-state index contributed by atoms with van der Waals surface area (Å²) in [4.78, 5) is 12.2. The Morgan fingerprint density at radius 1 is 1.35 bits per heavy atom. The van der Waals surface area contributed by atoms with E-state index in [0.717, 1.165) is 0 Å². The lowest BCUT2D eigenvalue weighted by atomic mass is 10.0. The van der Waals surface area contributed by atoms with Gasteiger partial charge in [0, 0.05) is 0 Å².